The van der Waals surface area contributed by atoms with Crippen molar-refractivity contribution >= 4 is 0 Å². The summed E-state index contributed by atoms with van der Waals surface area (Å²) in [5.41, 5.74) is 10.7. The summed E-state index contributed by atoms with van der Waals surface area (Å²) in [6, 6.07) is 0. The van der Waals surface area contributed by atoms with Crippen LogP contribution < -0.4 is 11.5 Å². The Bertz CT molecular complexity index is 50.4. The van der Waals surface area contributed by atoms with Crippen LogP contribution in [0.15, 0.2) is 0 Å². The van der Waals surface area contributed by atoms with E-state index in [0.29, 0.717) is 6.54 Å². The fourth-order valence-corrected chi connectivity index (χ4v) is 0.366. The van der Waals surface area contributed by atoms with E-state index in [9.17, 15) is 0 Å². The molecule has 3 heteroatoms. The lowest BCUT2D eigenvalue weighted by atomic mass is 10.1. The summed E-state index contributed by atoms with van der Waals surface area (Å²) in [5, 5.41) is 0. The quantitative estimate of drug-likeness (QED) is 0.492. The van der Waals surface area contributed by atoms with E-state index < -0.39 is 0 Å². The molecule has 1 unspecified atom stereocenters. The van der Waals surface area contributed by atoms with Crippen LogP contribution in [0.25, 0.3) is 0 Å². The van der Waals surface area contributed by atoms with Gasteiger partial charge in [0.2, 0.25) is 0 Å². The number of methoxy groups -OCH3 is 1. The van der Waals surface area contributed by atoms with Crippen LogP contribution >= 0.6 is 0 Å². The van der Waals surface area contributed by atoms with E-state index in [4.69, 9.17) is 16.2 Å². The number of hydrogen-bond acceptors (Lipinski definition) is 3. The molecule has 0 rings (SSSR count). The molecule has 0 aromatic heterocycles. The van der Waals surface area contributed by atoms with E-state index in [0.717, 1.165) is 0 Å². The fraction of sp³-hybridized carbons (Fsp3) is 1.00. The van der Waals surface area contributed by atoms with Crippen LogP contribution in [0.5, 0.6) is 0 Å². The van der Waals surface area contributed by atoms with E-state index in [-0.39, 0.29) is 12.1 Å². The average Bonchev–Trinajstić information content (AvgIpc) is 1.84. The van der Waals surface area contributed by atoms with Gasteiger partial charge in [0, 0.05) is 13.0 Å². The maximum atomic E-state index is 5.42. The molecule has 0 aliphatic carbocycles. The molecule has 0 amide bonds. The Labute approximate surface area is 50.0 Å². The van der Waals surface area contributed by atoms with Gasteiger partial charge in [-0.3, -0.25) is 0 Å². The number of ether oxygens (including phenoxy) is 1. The van der Waals surface area contributed by atoms with Gasteiger partial charge >= 0.3 is 0 Å². The molecule has 0 aliphatic heterocycles. The van der Waals surface area contributed by atoms with Gasteiger partial charge in [0.25, 0.3) is 0 Å². The van der Waals surface area contributed by atoms with Crippen molar-refractivity contribution in [1.29, 1.82) is 0 Å². The maximum absolute atomic E-state index is 5.42. The molecule has 4 N–H and O–H groups in total. The zero-order valence-corrected chi connectivity index (χ0v) is 5.42. The van der Waals surface area contributed by atoms with Crippen LogP contribution in [-0.2, 0) is 4.74 Å². The summed E-state index contributed by atoms with van der Waals surface area (Å²) >= 11 is 0. The van der Waals surface area contributed by atoms with Crippen molar-refractivity contribution in [1.82, 2.24) is 0 Å². The van der Waals surface area contributed by atoms with Crippen molar-refractivity contribution < 1.29 is 4.74 Å². The predicted octanol–water partition coefficient (Wildman–Crippen LogP) is -0.488. The van der Waals surface area contributed by atoms with E-state index in [1.165, 1.54) is 0 Å². The molecule has 0 aromatic carbocycles. The standard InChI is InChI=1S/C5H14N2O/c1-4(3-6)5(7)8-2/h4-5H,3,6-7H2,1-2H3/t4?,5-/m0/s1. The van der Waals surface area contributed by atoms with Gasteiger partial charge in [0.1, 0.15) is 6.23 Å². The normalized spacial score (nSPS) is 18.0. The van der Waals surface area contributed by atoms with Crippen molar-refractivity contribution in [2.45, 2.75) is 13.2 Å². The van der Waals surface area contributed by atoms with Gasteiger partial charge < -0.3 is 16.2 Å². The smallest absolute Gasteiger partial charge is 0.109 e. The molecule has 0 aliphatic rings. The van der Waals surface area contributed by atoms with E-state index in [2.05, 4.69) is 0 Å². The first-order valence-electron chi connectivity index (χ1n) is 2.70. The van der Waals surface area contributed by atoms with Gasteiger partial charge in [-0.1, -0.05) is 6.92 Å². The Balaban J connectivity index is 3.29. The first kappa shape index (κ1) is 7.88. The molecule has 2 atom stereocenters. The second-order valence-corrected chi connectivity index (χ2v) is 1.91. The van der Waals surface area contributed by atoms with Crippen LogP contribution in [0.1, 0.15) is 6.92 Å². The summed E-state index contributed by atoms with van der Waals surface area (Å²) < 4.78 is 4.80. The summed E-state index contributed by atoms with van der Waals surface area (Å²) in [5.74, 6) is 0.250. The molecule has 0 aromatic rings. The Kier molecular flexibility index (Phi) is 3.77. The highest BCUT2D eigenvalue weighted by Gasteiger charge is 2.07. The molecule has 0 radical (unpaired) electrons. The van der Waals surface area contributed by atoms with E-state index in [1.807, 2.05) is 6.92 Å². The highest BCUT2D eigenvalue weighted by Crippen LogP contribution is 1.96. The SMILES string of the molecule is CO[C@H](N)C(C)CN. The third kappa shape index (κ3) is 2.26. The third-order valence-electron chi connectivity index (χ3n) is 1.20. The monoisotopic (exact) mass is 118 g/mol. The molecule has 0 spiro atoms. The molecular formula is C5H14N2O. The summed E-state index contributed by atoms with van der Waals surface area (Å²) in [6.07, 6.45) is -0.208. The Hall–Kier alpha value is -0.120. The zero-order chi connectivity index (χ0) is 6.57. The minimum Gasteiger partial charge on any atom is -0.367 e. The average molecular weight is 118 g/mol. The maximum Gasteiger partial charge on any atom is 0.109 e. The first-order chi connectivity index (χ1) is 3.72. The third-order valence-corrected chi connectivity index (χ3v) is 1.20. The van der Waals surface area contributed by atoms with Crippen LogP contribution in [0.3, 0.4) is 0 Å². The van der Waals surface area contributed by atoms with Crippen molar-refractivity contribution in [3.8, 4) is 0 Å². The van der Waals surface area contributed by atoms with Gasteiger partial charge in [0.15, 0.2) is 0 Å². The molecule has 8 heavy (non-hydrogen) atoms. The minimum absolute atomic E-state index is 0.208. The second kappa shape index (κ2) is 3.83. The van der Waals surface area contributed by atoms with Gasteiger partial charge in [-0.25, -0.2) is 0 Å². The number of hydrogen-bond donors (Lipinski definition) is 2. The summed E-state index contributed by atoms with van der Waals surface area (Å²) in [7, 11) is 1.58. The molecule has 0 heterocycles. The fourth-order valence-electron chi connectivity index (χ4n) is 0.366. The second-order valence-electron chi connectivity index (χ2n) is 1.91. The highest BCUT2D eigenvalue weighted by atomic mass is 16.5. The Morgan fingerprint density at radius 2 is 2.12 bits per heavy atom. The molecule has 0 saturated carbocycles. The molecule has 0 fully saturated rings. The largest absolute Gasteiger partial charge is 0.367 e. The highest BCUT2D eigenvalue weighted by molar-refractivity contribution is 4.58. The van der Waals surface area contributed by atoms with Crippen molar-refractivity contribution in [2.24, 2.45) is 17.4 Å². The zero-order valence-electron chi connectivity index (χ0n) is 5.42. The van der Waals surface area contributed by atoms with Gasteiger partial charge in [-0.15, -0.1) is 0 Å². The van der Waals surface area contributed by atoms with Crippen LogP contribution in [0.4, 0.5) is 0 Å². The molecular weight excluding hydrogens is 104 g/mol. The van der Waals surface area contributed by atoms with Gasteiger partial charge in [-0.2, -0.15) is 0 Å². The van der Waals surface area contributed by atoms with Crippen LogP contribution in [-0.4, -0.2) is 19.9 Å². The topological polar surface area (TPSA) is 61.3 Å². The van der Waals surface area contributed by atoms with Crippen LogP contribution in [0, 0.1) is 5.92 Å². The van der Waals surface area contributed by atoms with Crippen molar-refractivity contribution in [3.05, 3.63) is 0 Å². The lowest BCUT2D eigenvalue weighted by molar-refractivity contribution is 0.0670. The predicted molar refractivity (Wildman–Crippen MR) is 33.2 cm³/mol. The van der Waals surface area contributed by atoms with Gasteiger partial charge in [0.05, 0.1) is 0 Å². The van der Waals surface area contributed by atoms with Crippen LogP contribution in [0.2, 0.25) is 0 Å². The van der Waals surface area contributed by atoms with Crippen molar-refractivity contribution in [2.75, 3.05) is 13.7 Å². The van der Waals surface area contributed by atoms with Crippen molar-refractivity contribution in [3.63, 3.8) is 0 Å². The molecule has 50 valence electrons. The Morgan fingerprint density at radius 1 is 1.62 bits per heavy atom. The van der Waals surface area contributed by atoms with Gasteiger partial charge in [-0.05, 0) is 6.54 Å². The van der Waals surface area contributed by atoms with E-state index in [1.54, 1.807) is 7.11 Å². The first-order valence-corrected chi connectivity index (χ1v) is 2.70. The lowest BCUT2D eigenvalue weighted by Crippen LogP contribution is -2.34. The Morgan fingerprint density at radius 3 is 2.25 bits per heavy atom. The molecule has 0 saturated heterocycles. The summed E-state index contributed by atoms with van der Waals surface area (Å²) in [4.78, 5) is 0. The lowest BCUT2D eigenvalue weighted by Gasteiger charge is -2.14. The molecule has 0 bridgehead atoms. The molecule has 3 nitrogen and oxygen atoms in total. The summed E-state index contributed by atoms with van der Waals surface area (Å²) in [6.45, 7) is 2.53. The minimum atomic E-state index is -0.208. The number of rotatable bonds is 3. The van der Waals surface area contributed by atoms with E-state index >= 15 is 0 Å². The number of nitrogens with two attached hydrogens (primary N) is 2.